The Hall–Kier alpha value is -0.790. The third-order valence-electron chi connectivity index (χ3n) is 6.16. The molecule has 0 spiro atoms. The van der Waals surface area contributed by atoms with Gasteiger partial charge in [0.1, 0.15) is 5.60 Å². The number of ether oxygens (including phenoxy) is 1. The van der Waals surface area contributed by atoms with Crippen LogP contribution in [-0.4, -0.2) is 11.6 Å². The monoisotopic (exact) mass is 350 g/mol. The van der Waals surface area contributed by atoms with Crippen LogP contribution in [0.15, 0.2) is 11.6 Å². The van der Waals surface area contributed by atoms with Crippen LogP contribution in [0, 0.1) is 22.7 Å². The number of carbonyl (C=O) groups is 1. The summed E-state index contributed by atoms with van der Waals surface area (Å²) in [5, 5.41) is 0. The molecule has 146 valence electrons. The normalized spacial score (nSPS) is 20.8. The lowest BCUT2D eigenvalue weighted by atomic mass is 9.63. The Balaban J connectivity index is 2.99. The van der Waals surface area contributed by atoms with Crippen LogP contribution in [0.3, 0.4) is 0 Å². The van der Waals surface area contributed by atoms with Crippen molar-refractivity contribution < 1.29 is 9.53 Å². The van der Waals surface area contributed by atoms with E-state index in [4.69, 9.17) is 4.74 Å². The molecule has 0 aromatic carbocycles. The van der Waals surface area contributed by atoms with Crippen LogP contribution >= 0.6 is 0 Å². The predicted octanol–water partition coefficient (Wildman–Crippen LogP) is 6.93. The van der Waals surface area contributed by atoms with Gasteiger partial charge in [-0.15, -0.1) is 0 Å². The van der Waals surface area contributed by atoms with E-state index < -0.39 is 5.60 Å². The molecule has 2 heteroatoms. The number of allylic oxidation sites excluding steroid dienone is 2. The molecule has 2 unspecified atom stereocenters. The lowest BCUT2D eigenvalue weighted by Crippen LogP contribution is -2.34. The van der Waals surface area contributed by atoms with Crippen molar-refractivity contribution in [1.82, 2.24) is 0 Å². The van der Waals surface area contributed by atoms with Crippen LogP contribution in [0.4, 0.5) is 0 Å². The van der Waals surface area contributed by atoms with Gasteiger partial charge in [0, 0.05) is 0 Å². The molecule has 0 aliphatic heterocycles. The maximum absolute atomic E-state index is 12.6. The van der Waals surface area contributed by atoms with Crippen molar-refractivity contribution in [2.45, 2.75) is 106 Å². The number of rotatable bonds is 7. The van der Waals surface area contributed by atoms with Gasteiger partial charge in [-0.25, -0.2) is 0 Å². The van der Waals surface area contributed by atoms with Crippen LogP contribution in [0.2, 0.25) is 0 Å². The summed E-state index contributed by atoms with van der Waals surface area (Å²) in [4.78, 5) is 12.6. The highest BCUT2D eigenvalue weighted by atomic mass is 16.6. The molecule has 0 bridgehead atoms. The van der Waals surface area contributed by atoms with E-state index >= 15 is 0 Å². The van der Waals surface area contributed by atoms with Crippen LogP contribution in [0.25, 0.3) is 0 Å². The van der Waals surface area contributed by atoms with Gasteiger partial charge in [-0.1, -0.05) is 66.0 Å². The van der Waals surface area contributed by atoms with Gasteiger partial charge in [0.25, 0.3) is 0 Å². The molecule has 1 rings (SSSR count). The average Bonchev–Trinajstić information content (AvgIpc) is 2.51. The van der Waals surface area contributed by atoms with Gasteiger partial charge in [-0.3, -0.25) is 4.79 Å². The fraction of sp³-hybridized carbons (Fsp3) is 0.870. The van der Waals surface area contributed by atoms with E-state index in [2.05, 4.69) is 47.6 Å². The zero-order valence-electron chi connectivity index (χ0n) is 18.3. The van der Waals surface area contributed by atoms with Crippen molar-refractivity contribution in [1.29, 1.82) is 0 Å². The number of hydrogen-bond acceptors (Lipinski definition) is 2. The van der Waals surface area contributed by atoms with Crippen molar-refractivity contribution in [2.24, 2.45) is 22.7 Å². The number of carbonyl (C=O) groups excluding carboxylic acids is 1. The molecule has 0 aromatic heterocycles. The number of esters is 1. The highest BCUT2D eigenvalue weighted by Crippen LogP contribution is 2.47. The standard InChI is InChI=1S/C23H42O2/c1-10-22(6,7)16-19(23(8,9)11-2)17-13-12-14-18(15-17)20(24)25-21(3,4)5/h13,18-19H,10-12,14-16H2,1-9H3. The second kappa shape index (κ2) is 8.27. The molecule has 0 amide bonds. The molecule has 1 aliphatic rings. The SMILES string of the molecule is CCC(C)(C)CC(C1=CCCC(C(=O)OC(C)(C)C)C1)C(C)(C)CC. The molecule has 2 atom stereocenters. The minimum atomic E-state index is -0.398. The maximum atomic E-state index is 12.6. The highest BCUT2D eigenvalue weighted by molar-refractivity contribution is 5.73. The largest absolute Gasteiger partial charge is 0.460 e. The average molecular weight is 351 g/mol. The first-order chi connectivity index (χ1) is 11.3. The molecule has 0 aromatic rings. The second-order valence-corrected chi connectivity index (χ2v) is 10.4. The van der Waals surface area contributed by atoms with E-state index in [-0.39, 0.29) is 17.3 Å². The quantitative estimate of drug-likeness (QED) is 0.367. The molecular weight excluding hydrogens is 308 g/mol. The maximum Gasteiger partial charge on any atom is 0.309 e. The minimum Gasteiger partial charge on any atom is -0.460 e. The van der Waals surface area contributed by atoms with Crippen molar-refractivity contribution in [2.75, 3.05) is 0 Å². The Morgan fingerprint density at radius 2 is 1.72 bits per heavy atom. The van der Waals surface area contributed by atoms with Crippen LogP contribution in [0.1, 0.15) is 101 Å². The van der Waals surface area contributed by atoms with Crippen molar-refractivity contribution in [3.8, 4) is 0 Å². The molecule has 0 radical (unpaired) electrons. The van der Waals surface area contributed by atoms with Crippen LogP contribution in [-0.2, 0) is 9.53 Å². The lowest BCUT2D eigenvalue weighted by Gasteiger charge is -2.42. The Labute approximate surface area is 156 Å². The summed E-state index contributed by atoms with van der Waals surface area (Å²) in [5.41, 5.74) is 1.69. The van der Waals surface area contributed by atoms with Gasteiger partial charge < -0.3 is 4.74 Å². The van der Waals surface area contributed by atoms with Crippen molar-refractivity contribution in [3.63, 3.8) is 0 Å². The zero-order chi connectivity index (χ0) is 19.5. The Kier molecular flexibility index (Phi) is 7.36. The van der Waals surface area contributed by atoms with E-state index in [1.165, 1.54) is 18.4 Å². The van der Waals surface area contributed by atoms with Gasteiger partial charge in [-0.05, 0) is 63.2 Å². The van der Waals surface area contributed by atoms with E-state index in [1.807, 2.05) is 20.8 Å². The summed E-state index contributed by atoms with van der Waals surface area (Å²) in [6.45, 7) is 20.0. The molecule has 0 saturated heterocycles. The molecule has 0 fully saturated rings. The summed E-state index contributed by atoms with van der Waals surface area (Å²) in [6, 6.07) is 0. The van der Waals surface area contributed by atoms with E-state index in [0.717, 1.165) is 25.7 Å². The fourth-order valence-electron chi connectivity index (χ4n) is 3.66. The first-order valence-corrected chi connectivity index (χ1v) is 10.2. The van der Waals surface area contributed by atoms with Crippen molar-refractivity contribution >= 4 is 5.97 Å². The molecular formula is C23H42O2. The van der Waals surface area contributed by atoms with Crippen LogP contribution < -0.4 is 0 Å². The predicted molar refractivity (Wildman–Crippen MR) is 108 cm³/mol. The summed E-state index contributed by atoms with van der Waals surface area (Å²) >= 11 is 0. The summed E-state index contributed by atoms with van der Waals surface area (Å²) in [6.07, 6.45) is 8.77. The van der Waals surface area contributed by atoms with Gasteiger partial charge in [-0.2, -0.15) is 0 Å². The molecule has 0 heterocycles. The van der Waals surface area contributed by atoms with Gasteiger partial charge in [0.2, 0.25) is 0 Å². The van der Waals surface area contributed by atoms with Crippen molar-refractivity contribution in [3.05, 3.63) is 11.6 Å². The lowest BCUT2D eigenvalue weighted by molar-refractivity contribution is -0.160. The molecule has 0 saturated carbocycles. The molecule has 1 aliphatic carbocycles. The van der Waals surface area contributed by atoms with E-state index in [0.29, 0.717) is 11.3 Å². The molecule has 25 heavy (non-hydrogen) atoms. The van der Waals surface area contributed by atoms with Crippen LogP contribution in [0.5, 0.6) is 0 Å². The molecule has 0 N–H and O–H groups in total. The van der Waals surface area contributed by atoms with Gasteiger partial charge in [0.05, 0.1) is 5.92 Å². The second-order valence-electron chi connectivity index (χ2n) is 10.4. The zero-order valence-corrected chi connectivity index (χ0v) is 18.3. The highest BCUT2D eigenvalue weighted by Gasteiger charge is 2.38. The Morgan fingerprint density at radius 1 is 1.12 bits per heavy atom. The Morgan fingerprint density at radius 3 is 2.20 bits per heavy atom. The third kappa shape index (κ3) is 6.79. The summed E-state index contributed by atoms with van der Waals surface area (Å²) in [7, 11) is 0. The summed E-state index contributed by atoms with van der Waals surface area (Å²) < 4.78 is 5.67. The van der Waals surface area contributed by atoms with E-state index in [1.54, 1.807) is 0 Å². The van der Waals surface area contributed by atoms with E-state index in [9.17, 15) is 4.79 Å². The first kappa shape index (κ1) is 22.3. The number of hydrogen-bond donors (Lipinski definition) is 0. The minimum absolute atomic E-state index is 0.0130. The molecule has 2 nitrogen and oxygen atoms in total. The summed E-state index contributed by atoms with van der Waals surface area (Å²) in [5.74, 6) is 0.553. The van der Waals surface area contributed by atoms with Gasteiger partial charge >= 0.3 is 5.97 Å². The third-order valence-corrected chi connectivity index (χ3v) is 6.16. The van der Waals surface area contributed by atoms with Gasteiger partial charge in [0.15, 0.2) is 0 Å². The smallest absolute Gasteiger partial charge is 0.309 e. The fourth-order valence-corrected chi connectivity index (χ4v) is 3.66. The Bertz CT molecular complexity index is 477. The topological polar surface area (TPSA) is 26.3 Å². The first-order valence-electron chi connectivity index (χ1n) is 10.2.